The maximum atomic E-state index is 13.3. The van der Waals surface area contributed by atoms with Gasteiger partial charge in [0.1, 0.15) is 5.82 Å². The Bertz CT molecular complexity index is 463. The minimum atomic E-state index is -0.210. The molecule has 20 heavy (non-hydrogen) atoms. The summed E-state index contributed by atoms with van der Waals surface area (Å²) in [5.74, 6) is -0.205. The second kappa shape index (κ2) is 7.04. The van der Waals surface area contributed by atoms with E-state index in [0.717, 1.165) is 18.4 Å². The highest BCUT2D eigenvalue weighted by Crippen LogP contribution is 2.47. The zero-order valence-corrected chi connectivity index (χ0v) is 12.7. The van der Waals surface area contributed by atoms with Gasteiger partial charge in [0.25, 0.3) is 0 Å². The van der Waals surface area contributed by atoms with Gasteiger partial charge in [-0.2, -0.15) is 0 Å². The van der Waals surface area contributed by atoms with Gasteiger partial charge in [-0.25, -0.2) is 4.39 Å². The number of nitrogens with one attached hydrogen (secondary N) is 2. The number of amides is 1. The van der Waals surface area contributed by atoms with E-state index in [9.17, 15) is 9.18 Å². The molecule has 3 nitrogen and oxygen atoms in total. The van der Waals surface area contributed by atoms with Crippen LogP contribution in [0, 0.1) is 11.7 Å². The quantitative estimate of drug-likeness (QED) is 0.846. The zero-order chi connectivity index (χ0) is 13.9. The lowest BCUT2D eigenvalue weighted by molar-refractivity contribution is -0.124. The summed E-state index contributed by atoms with van der Waals surface area (Å²) in [7, 11) is 1.83. The van der Waals surface area contributed by atoms with Gasteiger partial charge in [-0.05, 0) is 37.6 Å². The highest BCUT2D eigenvalue weighted by molar-refractivity contribution is 5.85. The molecule has 1 aromatic rings. The third-order valence-corrected chi connectivity index (χ3v) is 3.85. The Kier molecular flexibility index (Phi) is 5.96. The lowest BCUT2D eigenvalue weighted by Crippen LogP contribution is -2.38. The maximum absolute atomic E-state index is 13.3. The summed E-state index contributed by atoms with van der Waals surface area (Å²) in [6.07, 6.45) is 2.02. The summed E-state index contributed by atoms with van der Waals surface area (Å²) in [4.78, 5) is 11.9. The molecule has 1 unspecified atom stereocenters. The molecule has 1 atom stereocenters. The number of hydrogen-bond donors (Lipinski definition) is 2. The SMILES string of the molecule is CNCC(C)C(=O)NCC1(c2cccc(F)c2)CC1.Cl. The highest BCUT2D eigenvalue weighted by atomic mass is 35.5. The van der Waals surface area contributed by atoms with E-state index in [1.54, 1.807) is 12.1 Å². The number of carbonyl (C=O) groups is 1. The fraction of sp³-hybridized carbons (Fsp3) is 0.533. The number of halogens is 2. The van der Waals surface area contributed by atoms with E-state index in [4.69, 9.17) is 0 Å². The Labute approximate surface area is 125 Å². The van der Waals surface area contributed by atoms with E-state index in [2.05, 4.69) is 10.6 Å². The van der Waals surface area contributed by atoms with E-state index in [1.807, 2.05) is 20.0 Å². The van der Waals surface area contributed by atoms with Crippen molar-refractivity contribution >= 4 is 18.3 Å². The van der Waals surface area contributed by atoms with E-state index in [-0.39, 0.29) is 35.5 Å². The third-order valence-electron chi connectivity index (χ3n) is 3.85. The van der Waals surface area contributed by atoms with Gasteiger partial charge in [-0.3, -0.25) is 4.79 Å². The fourth-order valence-corrected chi connectivity index (χ4v) is 2.37. The highest BCUT2D eigenvalue weighted by Gasteiger charge is 2.44. The molecule has 1 amide bonds. The molecule has 0 heterocycles. The first-order valence-corrected chi connectivity index (χ1v) is 6.76. The molecule has 2 rings (SSSR count). The molecule has 0 spiro atoms. The standard InChI is InChI=1S/C15H21FN2O.ClH/c1-11(9-17-2)14(19)18-10-15(6-7-15)12-4-3-5-13(16)8-12;/h3-5,8,11,17H,6-7,9-10H2,1-2H3,(H,18,19);1H. The van der Waals surface area contributed by atoms with Crippen molar-refractivity contribution < 1.29 is 9.18 Å². The van der Waals surface area contributed by atoms with Gasteiger partial charge >= 0.3 is 0 Å². The molecule has 0 aromatic heterocycles. The fourth-order valence-electron chi connectivity index (χ4n) is 2.37. The molecule has 2 N–H and O–H groups in total. The Hall–Kier alpha value is -1.13. The van der Waals surface area contributed by atoms with Crippen molar-refractivity contribution in [3.05, 3.63) is 35.6 Å². The zero-order valence-electron chi connectivity index (χ0n) is 11.9. The molecule has 5 heteroatoms. The van der Waals surface area contributed by atoms with Gasteiger partial charge in [0.2, 0.25) is 5.91 Å². The Balaban J connectivity index is 0.00000200. The second-order valence-corrected chi connectivity index (χ2v) is 5.47. The molecule has 0 aliphatic heterocycles. The predicted molar refractivity (Wildman–Crippen MR) is 80.7 cm³/mol. The van der Waals surface area contributed by atoms with Crippen LogP contribution in [0.4, 0.5) is 4.39 Å². The predicted octanol–water partition coefficient (Wildman–Crippen LogP) is 2.25. The Morgan fingerprint density at radius 3 is 2.70 bits per heavy atom. The largest absolute Gasteiger partial charge is 0.355 e. The van der Waals surface area contributed by atoms with Crippen molar-refractivity contribution in [1.82, 2.24) is 10.6 Å². The Morgan fingerprint density at radius 2 is 2.15 bits per heavy atom. The summed E-state index contributed by atoms with van der Waals surface area (Å²) in [5.41, 5.74) is 0.950. The van der Waals surface area contributed by atoms with Gasteiger partial charge in [0.05, 0.1) is 0 Å². The van der Waals surface area contributed by atoms with Crippen LogP contribution in [0.2, 0.25) is 0 Å². The molecule has 112 valence electrons. The molecule has 1 aromatic carbocycles. The second-order valence-electron chi connectivity index (χ2n) is 5.47. The van der Waals surface area contributed by atoms with Crippen molar-refractivity contribution in [2.24, 2.45) is 5.92 Å². The normalized spacial score (nSPS) is 16.9. The molecule has 1 aliphatic rings. The van der Waals surface area contributed by atoms with Crippen molar-refractivity contribution in [2.45, 2.75) is 25.2 Å². The van der Waals surface area contributed by atoms with Gasteiger partial charge in [-0.15, -0.1) is 12.4 Å². The summed E-state index contributed by atoms with van der Waals surface area (Å²) >= 11 is 0. The van der Waals surface area contributed by atoms with Crippen LogP contribution in [0.5, 0.6) is 0 Å². The number of benzene rings is 1. The topological polar surface area (TPSA) is 41.1 Å². The lowest BCUT2D eigenvalue weighted by atomic mass is 9.95. The van der Waals surface area contributed by atoms with Gasteiger partial charge < -0.3 is 10.6 Å². The van der Waals surface area contributed by atoms with E-state index in [0.29, 0.717) is 13.1 Å². The first-order chi connectivity index (χ1) is 9.07. The monoisotopic (exact) mass is 300 g/mol. The third kappa shape index (κ3) is 3.93. The van der Waals surface area contributed by atoms with Gasteiger partial charge in [-0.1, -0.05) is 19.1 Å². The summed E-state index contributed by atoms with van der Waals surface area (Å²) in [6, 6.07) is 6.71. The van der Waals surface area contributed by atoms with Crippen molar-refractivity contribution in [3.8, 4) is 0 Å². The van der Waals surface area contributed by atoms with E-state index < -0.39 is 0 Å². The molecule has 1 fully saturated rings. The summed E-state index contributed by atoms with van der Waals surface area (Å²) in [5, 5.41) is 5.98. The minimum absolute atomic E-state index is 0. The van der Waals surface area contributed by atoms with E-state index in [1.165, 1.54) is 6.07 Å². The molecule has 0 saturated heterocycles. The number of rotatable bonds is 6. The average molecular weight is 301 g/mol. The molecule has 0 bridgehead atoms. The average Bonchev–Trinajstić information content (AvgIpc) is 3.17. The molecular formula is C15H22ClFN2O. The van der Waals surface area contributed by atoms with Crippen LogP contribution < -0.4 is 10.6 Å². The smallest absolute Gasteiger partial charge is 0.224 e. The first kappa shape index (κ1) is 16.9. The van der Waals surface area contributed by atoms with Crippen LogP contribution in [-0.2, 0) is 10.2 Å². The molecule has 0 radical (unpaired) electrons. The Morgan fingerprint density at radius 1 is 1.45 bits per heavy atom. The van der Waals surface area contributed by atoms with Crippen molar-refractivity contribution in [3.63, 3.8) is 0 Å². The molecular weight excluding hydrogens is 279 g/mol. The lowest BCUT2D eigenvalue weighted by Gasteiger charge is -2.18. The van der Waals surface area contributed by atoms with Crippen LogP contribution in [0.15, 0.2) is 24.3 Å². The van der Waals surface area contributed by atoms with Crippen molar-refractivity contribution in [1.29, 1.82) is 0 Å². The van der Waals surface area contributed by atoms with Crippen LogP contribution >= 0.6 is 12.4 Å². The van der Waals surface area contributed by atoms with Crippen LogP contribution in [-0.4, -0.2) is 26.0 Å². The summed E-state index contributed by atoms with van der Waals surface area (Å²) in [6.45, 7) is 3.16. The number of carbonyl (C=O) groups excluding carboxylic acids is 1. The van der Waals surface area contributed by atoms with Gasteiger partial charge in [0.15, 0.2) is 0 Å². The van der Waals surface area contributed by atoms with Crippen LogP contribution in [0.25, 0.3) is 0 Å². The van der Waals surface area contributed by atoms with E-state index >= 15 is 0 Å². The van der Waals surface area contributed by atoms with Crippen LogP contribution in [0.1, 0.15) is 25.3 Å². The molecule has 1 saturated carbocycles. The summed E-state index contributed by atoms with van der Waals surface area (Å²) < 4.78 is 13.3. The molecule has 1 aliphatic carbocycles. The van der Waals surface area contributed by atoms with Crippen molar-refractivity contribution in [2.75, 3.05) is 20.1 Å². The first-order valence-electron chi connectivity index (χ1n) is 6.76. The number of hydrogen-bond acceptors (Lipinski definition) is 2. The maximum Gasteiger partial charge on any atom is 0.224 e. The van der Waals surface area contributed by atoms with Crippen LogP contribution in [0.3, 0.4) is 0 Å². The minimum Gasteiger partial charge on any atom is -0.355 e. The van der Waals surface area contributed by atoms with Gasteiger partial charge in [0, 0.05) is 24.4 Å².